The van der Waals surface area contributed by atoms with Gasteiger partial charge in [0, 0.05) is 0 Å². The van der Waals surface area contributed by atoms with E-state index in [0.29, 0.717) is 0 Å². The molecular formula is C27H54. The molecule has 0 heteroatoms. The van der Waals surface area contributed by atoms with E-state index < -0.39 is 0 Å². The first-order valence-corrected chi connectivity index (χ1v) is 13.1. The molecule has 0 aliphatic rings. The van der Waals surface area contributed by atoms with Crippen LogP contribution in [0.15, 0.2) is 12.2 Å². The standard InChI is InChI=1S/C27H54/c1-3-5-7-9-11-13-15-17-19-21-23-25-27-26-24-22-20-18-16-14-12-10-8-6-4-2/h19,21H,3-18,20,22-27H2,1-2H3/b21-19-. The zero-order chi connectivity index (χ0) is 19.7. The fourth-order valence-electron chi connectivity index (χ4n) is 3.91. The van der Waals surface area contributed by atoms with Crippen LogP contribution in [0.2, 0.25) is 0 Å². The van der Waals surface area contributed by atoms with Crippen molar-refractivity contribution < 1.29 is 0 Å². The summed E-state index contributed by atoms with van der Waals surface area (Å²) in [6.45, 7) is 4.59. The van der Waals surface area contributed by atoms with Gasteiger partial charge in [0.25, 0.3) is 0 Å². The highest BCUT2D eigenvalue weighted by Gasteiger charge is 1.94. The molecule has 0 rings (SSSR count). The van der Waals surface area contributed by atoms with Crippen LogP contribution in [0.3, 0.4) is 0 Å². The molecule has 0 fully saturated rings. The highest BCUT2D eigenvalue weighted by molar-refractivity contribution is 4.81. The van der Waals surface area contributed by atoms with Gasteiger partial charge in [-0.25, -0.2) is 0 Å². The van der Waals surface area contributed by atoms with E-state index in [9.17, 15) is 0 Å². The van der Waals surface area contributed by atoms with Gasteiger partial charge in [0.1, 0.15) is 0 Å². The smallest absolute Gasteiger partial charge is 0.0351 e. The lowest BCUT2D eigenvalue weighted by Crippen LogP contribution is -1.83. The molecule has 0 amide bonds. The summed E-state index contributed by atoms with van der Waals surface area (Å²) in [5.41, 5.74) is 0. The van der Waals surface area contributed by atoms with Crippen LogP contribution in [0.4, 0.5) is 0 Å². The topological polar surface area (TPSA) is 0 Å². The van der Waals surface area contributed by atoms with Crippen LogP contribution in [0.25, 0.3) is 0 Å². The largest absolute Gasteiger partial charge is 0.0885 e. The summed E-state index contributed by atoms with van der Waals surface area (Å²) in [5, 5.41) is 0. The molecule has 0 saturated carbocycles. The second-order valence-electron chi connectivity index (χ2n) is 8.77. The molecule has 27 heavy (non-hydrogen) atoms. The van der Waals surface area contributed by atoms with Crippen LogP contribution in [-0.2, 0) is 0 Å². The highest BCUT2D eigenvalue weighted by Crippen LogP contribution is 2.14. The van der Waals surface area contributed by atoms with Crippen LogP contribution < -0.4 is 0 Å². The van der Waals surface area contributed by atoms with E-state index in [1.54, 1.807) is 0 Å². The summed E-state index contributed by atoms with van der Waals surface area (Å²) in [5.74, 6) is 0. The Kier molecular flexibility index (Phi) is 25.5. The number of rotatable bonds is 23. The minimum Gasteiger partial charge on any atom is -0.0885 e. The van der Waals surface area contributed by atoms with Gasteiger partial charge in [-0.2, -0.15) is 0 Å². The molecule has 0 heterocycles. The fraction of sp³-hybridized carbons (Fsp3) is 0.926. The number of hydrogen-bond donors (Lipinski definition) is 0. The number of hydrogen-bond acceptors (Lipinski definition) is 0. The normalized spacial score (nSPS) is 11.6. The molecule has 0 atom stereocenters. The van der Waals surface area contributed by atoms with E-state index in [4.69, 9.17) is 0 Å². The third-order valence-corrected chi connectivity index (χ3v) is 5.87. The van der Waals surface area contributed by atoms with E-state index in [1.807, 2.05) is 0 Å². The molecule has 0 radical (unpaired) electrons. The summed E-state index contributed by atoms with van der Waals surface area (Å²) in [6, 6.07) is 0. The van der Waals surface area contributed by atoms with Crippen molar-refractivity contribution >= 4 is 0 Å². The van der Waals surface area contributed by atoms with Crippen molar-refractivity contribution in [3.8, 4) is 0 Å². The van der Waals surface area contributed by atoms with Gasteiger partial charge >= 0.3 is 0 Å². The molecule has 0 aliphatic carbocycles. The first-order valence-electron chi connectivity index (χ1n) is 13.1. The monoisotopic (exact) mass is 378 g/mol. The Morgan fingerprint density at radius 2 is 0.519 bits per heavy atom. The van der Waals surface area contributed by atoms with E-state index >= 15 is 0 Å². The van der Waals surface area contributed by atoms with Crippen LogP contribution in [-0.4, -0.2) is 0 Å². The van der Waals surface area contributed by atoms with Crippen molar-refractivity contribution in [1.82, 2.24) is 0 Å². The van der Waals surface area contributed by atoms with Crippen molar-refractivity contribution in [2.75, 3.05) is 0 Å². The maximum absolute atomic E-state index is 2.44. The summed E-state index contributed by atoms with van der Waals surface area (Å²) in [6.07, 6.45) is 37.9. The van der Waals surface area contributed by atoms with Gasteiger partial charge in [0.05, 0.1) is 0 Å². The minimum absolute atomic E-state index is 1.31. The zero-order valence-electron chi connectivity index (χ0n) is 19.4. The van der Waals surface area contributed by atoms with Crippen molar-refractivity contribution in [2.24, 2.45) is 0 Å². The SMILES string of the molecule is CCCCCCCCC/C=C\CCCCCCCCCCCCCCCC. The first kappa shape index (κ1) is 26.7. The predicted molar refractivity (Wildman–Crippen MR) is 127 cm³/mol. The number of unbranched alkanes of at least 4 members (excludes halogenated alkanes) is 21. The van der Waals surface area contributed by atoms with Crippen molar-refractivity contribution in [2.45, 2.75) is 162 Å². The lowest BCUT2D eigenvalue weighted by molar-refractivity contribution is 0.536. The Morgan fingerprint density at radius 3 is 0.778 bits per heavy atom. The van der Waals surface area contributed by atoms with Gasteiger partial charge in [-0.05, 0) is 25.7 Å². The second-order valence-corrected chi connectivity index (χ2v) is 8.77. The predicted octanol–water partition coefficient (Wildman–Crippen LogP) is 10.6. The molecule has 0 nitrogen and oxygen atoms in total. The van der Waals surface area contributed by atoms with Crippen molar-refractivity contribution in [3.05, 3.63) is 12.2 Å². The van der Waals surface area contributed by atoms with Gasteiger partial charge in [-0.1, -0.05) is 148 Å². The maximum Gasteiger partial charge on any atom is -0.0351 e. The van der Waals surface area contributed by atoms with Gasteiger partial charge < -0.3 is 0 Å². The summed E-state index contributed by atoms with van der Waals surface area (Å²) in [7, 11) is 0. The molecule has 0 aromatic heterocycles. The second kappa shape index (κ2) is 25.7. The Balaban J connectivity index is 3.04. The Morgan fingerprint density at radius 1 is 0.296 bits per heavy atom. The highest BCUT2D eigenvalue weighted by atomic mass is 14.0. The average molecular weight is 379 g/mol. The minimum atomic E-state index is 1.31. The Labute approximate surface area is 174 Å². The van der Waals surface area contributed by atoms with Crippen LogP contribution in [0.1, 0.15) is 162 Å². The molecule has 0 bridgehead atoms. The van der Waals surface area contributed by atoms with Crippen molar-refractivity contribution in [3.63, 3.8) is 0 Å². The van der Waals surface area contributed by atoms with Crippen LogP contribution in [0.5, 0.6) is 0 Å². The number of allylic oxidation sites excluding steroid dienone is 2. The van der Waals surface area contributed by atoms with Gasteiger partial charge in [-0.15, -0.1) is 0 Å². The Hall–Kier alpha value is -0.260. The third-order valence-electron chi connectivity index (χ3n) is 5.87. The average Bonchev–Trinajstić information content (AvgIpc) is 2.68. The van der Waals surface area contributed by atoms with E-state index in [2.05, 4.69) is 26.0 Å². The molecule has 0 aromatic carbocycles. The quantitative estimate of drug-likeness (QED) is 0.122. The van der Waals surface area contributed by atoms with E-state index in [-0.39, 0.29) is 0 Å². The lowest BCUT2D eigenvalue weighted by Gasteiger charge is -2.03. The first-order chi connectivity index (χ1) is 13.4. The van der Waals surface area contributed by atoms with Crippen molar-refractivity contribution in [1.29, 1.82) is 0 Å². The fourth-order valence-corrected chi connectivity index (χ4v) is 3.91. The van der Waals surface area contributed by atoms with Crippen LogP contribution >= 0.6 is 0 Å². The molecular weight excluding hydrogens is 324 g/mol. The lowest BCUT2D eigenvalue weighted by atomic mass is 10.0. The molecule has 0 spiro atoms. The summed E-state index contributed by atoms with van der Waals surface area (Å²) < 4.78 is 0. The van der Waals surface area contributed by atoms with Crippen LogP contribution in [0, 0.1) is 0 Å². The molecule has 0 unspecified atom stereocenters. The zero-order valence-corrected chi connectivity index (χ0v) is 19.4. The molecule has 0 saturated heterocycles. The summed E-state index contributed by atoms with van der Waals surface area (Å²) >= 11 is 0. The van der Waals surface area contributed by atoms with E-state index in [1.165, 1.54) is 148 Å². The van der Waals surface area contributed by atoms with Gasteiger partial charge in [-0.3, -0.25) is 0 Å². The molecule has 162 valence electrons. The maximum atomic E-state index is 2.44. The third kappa shape index (κ3) is 25.7. The van der Waals surface area contributed by atoms with E-state index in [0.717, 1.165) is 0 Å². The molecule has 0 N–H and O–H groups in total. The molecule has 0 aliphatic heterocycles. The van der Waals surface area contributed by atoms with Gasteiger partial charge in [0.15, 0.2) is 0 Å². The summed E-state index contributed by atoms with van der Waals surface area (Å²) in [4.78, 5) is 0. The Bertz CT molecular complexity index is 265. The molecule has 0 aromatic rings. The van der Waals surface area contributed by atoms with Gasteiger partial charge in [0.2, 0.25) is 0 Å².